The number of hydrogen-bond donors (Lipinski definition) is 2. The fraction of sp³-hybridized carbons (Fsp3) is 1.00. The minimum absolute atomic E-state index is 0.0139. The van der Waals surface area contributed by atoms with Gasteiger partial charge >= 0.3 is 0 Å². The average Bonchev–Trinajstić information content (AvgIpc) is 1.35. The Hall–Kier alpha value is -0.120. The molecular weight excluding hydrogens is 84.0 g/mol. The third-order valence-electron chi connectivity index (χ3n) is 0.316. The van der Waals surface area contributed by atoms with Crippen molar-refractivity contribution < 1.29 is 15.3 Å². The van der Waals surface area contributed by atoms with Gasteiger partial charge in [-0.05, 0) is 6.92 Å². The first kappa shape index (κ1) is 5.88. The summed E-state index contributed by atoms with van der Waals surface area (Å²) < 4.78 is 0. The molecule has 2 N–H and O–H groups in total. The van der Waals surface area contributed by atoms with Crippen molar-refractivity contribution in [3.05, 3.63) is 0 Å². The van der Waals surface area contributed by atoms with E-state index in [0.717, 1.165) is 0 Å². The monoisotopic (exact) mass is 92.0 g/mol. The molecule has 0 saturated carbocycles. The van der Waals surface area contributed by atoms with E-state index in [4.69, 9.17) is 10.4 Å². The summed E-state index contributed by atoms with van der Waals surface area (Å²) in [4.78, 5) is 3.55. The van der Waals surface area contributed by atoms with Gasteiger partial charge in [0.2, 0.25) is 0 Å². The molecule has 3 heteroatoms. The second-order valence-corrected chi connectivity index (χ2v) is 1.14. The Bertz CT molecular complexity index is 27.2. The van der Waals surface area contributed by atoms with Crippen LogP contribution in [-0.4, -0.2) is 23.1 Å². The van der Waals surface area contributed by atoms with Crippen molar-refractivity contribution in [2.75, 3.05) is 6.61 Å². The lowest BCUT2D eigenvalue weighted by Gasteiger charge is -1.95. The van der Waals surface area contributed by atoms with E-state index < -0.39 is 6.10 Å². The largest absolute Gasteiger partial charge is 0.391 e. The minimum Gasteiger partial charge on any atom is -0.391 e. The highest BCUT2D eigenvalue weighted by molar-refractivity contribution is 4.35. The summed E-state index contributed by atoms with van der Waals surface area (Å²) in [5.41, 5.74) is 0. The van der Waals surface area contributed by atoms with Crippen molar-refractivity contribution >= 4 is 0 Å². The first-order chi connectivity index (χ1) is 2.77. The standard InChI is InChI=1S/C3H8O3/c1-3(4)2-6-5/h3-5H,2H2,1H3/t3-/m1/s1. The fourth-order valence-electron chi connectivity index (χ4n) is 0.108. The number of aliphatic hydroxyl groups excluding tert-OH is 1. The van der Waals surface area contributed by atoms with E-state index in [2.05, 4.69) is 4.89 Å². The van der Waals surface area contributed by atoms with E-state index in [1.54, 1.807) is 0 Å². The summed E-state index contributed by atoms with van der Waals surface area (Å²) >= 11 is 0. The van der Waals surface area contributed by atoms with Crippen LogP contribution in [0, 0.1) is 0 Å². The molecule has 0 aromatic heterocycles. The van der Waals surface area contributed by atoms with Crippen molar-refractivity contribution in [1.29, 1.82) is 0 Å². The van der Waals surface area contributed by atoms with Crippen LogP contribution in [0.15, 0.2) is 0 Å². The van der Waals surface area contributed by atoms with E-state index >= 15 is 0 Å². The molecular formula is C3H8O3. The van der Waals surface area contributed by atoms with E-state index in [0.29, 0.717) is 0 Å². The Kier molecular flexibility index (Phi) is 3.02. The molecule has 3 nitrogen and oxygen atoms in total. The van der Waals surface area contributed by atoms with E-state index in [-0.39, 0.29) is 6.61 Å². The van der Waals surface area contributed by atoms with Gasteiger partial charge in [0.05, 0.1) is 6.10 Å². The lowest BCUT2D eigenvalue weighted by Crippen LogP contribution is -2.07. The molecule has 0 radical (unpaired) electrons. The van der Waals surface area contributed by atoms with Gasteiger partial charge in [-0.15, -0.1) is 0 Å². The molecule has 0 aliphatic rings. The summed E-state index contributed by atoms with van der Waals surface area (Å²) in [6.07, 6.45) is -0.574. The van der Waals surface area contributed by atoms with Crippen molar-refractivity contribution in [3.63, 3.8) is 0 Å². The first-order valence-electron chi connectivity index (χ1n) is 1.72. The first-order valence-corrected chi connectivity index (χ1v) is 1.72. The van der Waals surface area contributed by atoms with Crippen LogP contribution in [0.25, 0.3) is 0 Å². The second kappa shape index (κ2) is 3.08. The fourth-order valence-corrected chi connectivity index (χ4v) is 0.108. The lowest BCUT2D eigenvalue weighted by molar-refractivity contribution is -0.255. The highest BCUT2D eigenvalue weighted by Gasteiger charge is 1.89. The van der Waals surface area contributed by atoms with Crippen LogP contribution in [0.2, 0.25) is 0 Å². The van der Waals surface area contributed by atoms with Crippen molar-refractivity contribution in [2.24, 2.45) is 0 Å². The molecule has 0 fully saturated rings. The SMILES string of the molecule is C[C@@H](O)COO. The molecule has 0 bridgehead atoms. The van der Waals surface area contributed by atoms with Crippen LogP contribution < -0.4 is 0 Å². The van der Waals surface area contributed by atoms with Crippen LogP contribution in [0.4, 0.5) is 0 Å². The maximum atomic E-state index is 8.27. The smallest absolute Gasteiger partial charge is 0.108 e. The second-order valence-electron chi connectivity index (χ2n) is 1.14. The third kappa shape index (κ3) is 3.88. The van der Waals surface area contributed by atoms with Gasteiger partial charge in [-0.2, -0.15) is 0 Å². The van der Waals surface area contributed by atoms with Gasteiger partial charge < -0.3 is 5.11 Å². The Balaban J connectivity index is 2.63. The summed E-state index contributed by atoms with van der Waals surface area (Å²) in [5, 5.41) is 15.8. The zero-order valence-electron chi connectivity index (χ0n) is 3.59. The third-order valence-corrected chi connectivity index (χ3v) is 0.316. The quantitative estimate of drug-likeness (QED) is 0.368. The molecule has 0 unspecified atom stereocenters. The molecule has 0 aromatic rings. The van der Waals surface area contributed by atoms with Crippen LogP contribution in [0.3, 0.4) is 0 Å². The highest BCUT2D eigenvalue weighted by Crippen LogP contribution is 1.75. The summed E-state index contributed by atoms with van der Waals surface area (Å²) in [5.74, 6) is 0. The number of rotatable bonds is 2. The maximum Gasteiger partial charge on any atom is 0.108 e. The van der Waals surface area contributed by atoms with Crippen LogP contribution >= 0.6 is 0 Å². The van der Waals surface area contributed by atoms with Gasteiger partial charge in [0.15, 0.2) is 0 Å². The summed E-state index contributed by atoms with van der Waals surface area (Å²) in [7, 11) is 0. The topological polar surface area (TPSA) is 49.7 Å². The highest BCUT2D eigenvalue weighted by atomic mass is 17.1. The molecule has 6 heavy (non-hydrogen) atoms. The predicted molar refractivity (Wildman–Crippen MR) is 20.3 cm³/mol. The molecule has 0 heterocycles. The normalized spacial score (nSPS) is 14.5. The Morgan fingerprint density at radius 3 is 2.33 bits per heavy atom. The molecule has 0 rings (SSSR count). The maximum absolute atomic E-state index is 8.27. The van der Waals surface area contributed by atoms with Gasteiger partial charge in [0, 0.05) is 0 Å². The summed E-state index contributed by atoms with van der Waals surface area (Å²) in [6.45, 7) is 1.51. The summed E-state index contributed by atoms with van der Waals surface area (Å²) in [6, 6.07) is 0. The molecule has 0 amide bonds. The van der Waals surface area contributed by atoms with Gasteiger partial charge in [-0.1, -0.05) is 0 Å². The number of aliphatic hydroxyl groups is 1. The molecule has 0 aromatic carbocycles. The van der Waals surface area contributed by atoms with E-state index in [9.17, 15) is 0 Å². The molecule has 0 saturated heterocycles. The molecule has 1 atom stereocenters. The molecule has 0 aliphatic heterocycles. The Morgan fingerprint density at radius 2 is 2.33 bits per heavy atom. The zero-order valence-corrected chi connectivity index (χ0v) is 3.59. The Morgan fingerprint density at radius 1 is 1.83 bits per heavy atom. The van der Waals surface area contributed by atoms with Crippen molar-refractivity contribution in [2.45, 2.75) is 13.0 Å². The van der Waals surface area contributed by atoms with E-state index in [1.807, 2.05) is 0 Å². The van der Waals surface area contributed by atoms with Crippen molar-refractivity contribution in [1.82, 2.24) is 0 Å². The van der Waals surface area contributed by atoms with Crippen molar-refractivity contribution in [3.8, 4) is 0 Å². The van der Waals surface area contributed by atoms with Gasteiger partial charge in [0.25, 0.3) is 0 Å². The van der Waals surface area contributed by atoms with Crippen LogP contribution in [-0.2, 0) is 4.89 Å². The Labute approximate surface area is 36.1 Å². The zero-order chi connectivity index (χ0) is 4.99. The molecule has 0 spiro atoms. The number of hydrogen-bond acceptors (Lipinski definition) is 3. The van der Waals surface area contributed by atoms with E-state index in [1.165, 1.54) is 6.92 Å². The van der Waals surface area contributed by atoms with Gasteiger partial charge in [0.1, 0.15) is 6.61 Å². The van der Waals surface area contributed by atoms with Crippen LogP contribution in [0.1, 0.15) is 6.92 Å². The van der Waals surface area contributed by atoms with Gasteiger partial charge in [-0.3, -0.25) is 5.26 Å². The molecule has 38 valence electrons. The minimum atomic E-state index is -0.574. The van der Waals surface area contributed by atoms with Crippen LogP contribution in [0.5, 0.6) is 0 Å². The predicted octanol–water partition coefficient (Wildman–Crippen LogP) is -0.143. The molecule has 0 aliphatic carbocycles. The van der Waals surface area contributed by atoms with Gasteiger partial charge in [-0.25, -0.2) is 4.89 Å². The average molecular weight is 92.1 g/mol. The lowest BCUT2D eigenvalue weighted by atomic mass is 10.5.